The molecular weight excluding hydrogens is 364 g/mol. The molecule has 144 valence electrons. The van der Waals surface area contributed by atoms with Gasteiger partial charge in [-0.05, 0) is 30.7 Å². The molecule has 1 saturated heterocycles. The molecule has 8 heteroatoms. The highest BCUT2D eigenvalue weighted by Crippen LogP contribution is 2.35. The number of carbonyl (C=O) groups excluding carboxylic acids is 2. The summed E-state index contributed by atoms with van der Waals surface area (Å²) in [4.78, 5) is 33.6. The molecule has 2 amide bonds. The van der Waals surface area contributed by atoms with E-state index in [4.69, 9.17) is 4.52 Å². The monoisotopic (exact) mass is 388 g/mol. The third kappa shape index (κ3) is 3.90. The van der Waals surface area contributed by atoms with E-state index in [1.165, 1.54) is 17.8 Å². The molecule has 0 radical (unpaired) electrons. The van der Waals surface area contributed by atoms with Crippen molar-refractivity contribution in [3.63, 3.8) is 0 Å². The first kappa shape index (κ1) is 18.2. The molecule has 2 fully saturated rings. The Hall–Kier alpha value is -2.22. The molecule has 27 heavy (non-hydrogen) atoms. The zero-order valence-corrected chi connectivity index (χ0v) is 16.3. The average molecular weight is 388 g/mol. The fourth-order valence-corrected chi connectivity index (χ4v) is 4.44. The molecule has 3 heterocycles. The molecule has 0 N–H and O–H groups in total. The minimum absolute atomic E-state index is 0.0214. The van der Waals surface area contributed by atoms with Crippen LogP contribution in [-0.2, 0) is 11.2 Å². The Morgan fingerprint density at radius 3 is 2.89 bits per heavy atom. The predicted molar refractivity (Wildman–Crippen MR) is 101 cm³/mol. The summed E-state index contributed by atoms with van der Waals surface area (Å²) < 4.78 is 5.36. The highest BCUT2D eigenvalue weighted by molar-refractivity contribution is 7.12. The maximum Gasteiger partial charge on any atom is 0.263 e. The third-order valence-corrected chi connectivity index (χ3v) is 6.40. The topological polar surface area (TPSA) is 79.5 Å². The second-order valence-corrected chi connectivity index (χ2v) is 8.26. The Bertz CT molecular complexity index is 800. The first-order chi connectivity index (χ1) is 13.1. The zero-order valence-electron chi connectivity index (χ0n) is 15.5. The number of carbonyl (C=O) groups is 2. The van der Waals surface area contributed by atoms with E-state index in [2.05, 4.69) is 10.1 Å². The molecule has 1 unspecified atom stereocenters. The van der Waals surface area contributed by atoms with Gasteiger partial charge in [-0.3, -0.25) is 9.59 Å². The first-order valence-corrected chi connectivity index (χ1v) is 10.4. The number of likely N-dealkylation sites (tertiary alicyclic amines) is 1. The minimum Gasteiger partial charge on any atom is -0.339 e. The van der Waals surface area contributed by atoms with Crippen molar-refractivity contribution >= 4 is 23.2 Å². The predicted octanol–water partition coefficient (Wildman–Crippen LogP) is 2.70. The van der Waals surface area contributed by atoms with E-state index in [0.29, 0.717) is 37.8 Å². The lowest BCUT2D eigenvalue weighted by Crippen LogP contribution is -2.42. The summed E-state index contributed by atoms with van der Waals surface area (Å²) in [5.74, 6) is 1.89. The SMILES string of the molecule is CC(=O)N(CCc1noc(C2CCC2)n1)C1CCN(C(=O)c2cccs2)C1. The van der Waals surface area contributed by atoms with Crippen LogP contribution >= 0.6 is 11.3 Å². The van der Waals surface area contributed by atoms with Crippen LogP contribution in [0.25, 0.3) is 0 Å². The number of thiophene rings is 1. The van der Waals surface area contributed by atoms with Crippen molar-refractivity contribution in [1.29, 1.82) is 0 Å². The maximum atomic E-state index is 12.5. The summed E-state index contributed by atoms with van der Waals surface area (Å²) in [5.41, 5.74) is 0. The highest BCUT2D eigenvalue weighted by atomic mass is 32.1. The van der Waals surface area contributed by atoms with E-state index in [-0.39, 0.29) is 17.9 Å². The van der Waals surface area contributed by atoms with Gasteiger partial charge in [0.2, 0.25) is 11.8 Å². The van der Waals surface area contributed by atoms with E-state index >= 15 is 0 Å². The smallest absolute Gasteiger partial charge is 0.263 e. The van der Waals surface area contributed by atoms with Crippen LogP contribution in [0, 0.1) is 0 Å². The quantitative estimate of drug-likeness (QED) is 0.760. The van der Waals surface area contributed by atoms with Crippen molar-refractivity contribution in [2.75, 3.05) is 19.6 Å². The number of hydrogen-bond acceptors (Lipinski definition) is 6. The van der Waals surface area contributed by atoms with Gasteiger partial charge in [-0.2, -0.15) is 4.98 Å². The molecule has 4 rings (SSSR count). The molecule has 1 aliphatic heterocycles. The van der Waals surface area contributed by atoms with Crippen LogP contribution in [-0.4, -0.2) is 57.4 Å². The molecule has 1 aliphatic carbocycles. The molecule has 7 nitrogen and oxygen atoms in total. The Morgan fingerprint density at radius 1 is 1.37 bits per heavy atom. The van der Waals surface area contributed by atoms with Gasteiger partial charge in [0.15, 0.2) is 5.82 Å². The van der Waals surface area contributed by atoms with Crippen molar-refractivity contribution in [2.24, 2.45) is 0 Å². The largest absolute Gasteiger partial charge is 0.339 e. The fraction of sp³-hybridized carbons (Fsp3) is 0.579. The Morgan fingerprint density at radius 2 is 2.22 bits per heavy atom. The maximum absolute atomic E-state index is 12.5. The summed E-state index contributed by atoms with van der Waals surface area (Å²) >= 11 is 1.45. The number of aromatic nitrogens is 2. The van der Waals surface area contributed by atoms with Crippen molar-refractivity contribution < 1.29 is 14.1 Å². The van der Waals surface area contributed by atoms with Crippen LogP contribution in [0.3, 0.4) is 0 Å². The van der Waals surface area contributed by atoms with Gasteiger partial charge in [0.25, 0.3) is 5.91 Å². The molecule has 1 atom stereocenters. The van der Waals surface area contributed by atoms with Gasteiger partial charge in [0.1, 0.15) is 0 Å². The Labute approximate surface area is 162 Å². The van der Waals surface area contributed by atoms with E-state index < -0.39 is 0 Å². The average Bonchev–Trinajstić information content (AvgIpc) is 3.35. The lowest BCUT2D eigenvalue weighted by atomic mass is 9.85. The number of hydrogen-bond donors (Lipinski definition) is 0. The molecular formula is C19H24N4O3S. The Balaban J connectivity index is 1.34. The lowest BCUT2D eigenvalue weighted by molar-refractivity contribution is -0.130. The zero-order chi connectivity index (χ0) is 18.8. The summed E-state index contributed by atoms with van der Waals surface area (Å²) in [5, 5.41) is 5.97. The van der Waals surface area contributed by atoms with Crippen LogP contribution < -0.4 is 0 Å². The molecule has 2 aliphatic rings. The van der Waals surface area contributed by atoms with Crippen molar-refractivity contribution in [1.82, 2.24) is 19.9 Å². The van der Waals surface area contributed by atoms with Gasteiger partial charge in [-0.25, -0.2) is 0 Å². The second kappa shape index (κ2) is 7.80. The van der Waals surface area contributed by atoms with Gasteiger partial charge < -0.3 is 14.3 Å². The van der Waals surface area contributed by atoms with E-state index in [1.54, 1.807) is 6.92 Å². The van der Waals surface area contributed by atoms with E-state index in [1.807, 2.05) is 27.3 Å². The van der Waals surface area contributed by atoms with Crippen LogP contribution in [0.1, 0.15) is 59.9 Å². The van der Waals surface area contributed by atoms with Gasteiger partial charge >= 0.3 is 0 Å². The van der Waals surface area contributed by atoms with Gasteiger partial charge in [-0.1, -0.05) is 17.6 Å². The Kier molecular flexibility index (Phi) is 5.24. The van der Waals surface area contributed by atoms with Crippen molar-refractivity contribution in [3.05, 3.63) is 34.1 Å². The van der Waals surface area contributed by atoms with E-state index in [0.717, 1.165) is 30.0 Å². The van der Waals surface area contributed by atoms with Crippen LogP contribution in [0.15, 0.2) is 22.0 Å². The second-order valence-electron chi connectivity index (χ2n) is 7.31. The van der Waals surface area contributed by atoms with Crippen LogP contribution in [0.4, 0.5) is 0 Å². The third-order valence-electron chi connectivity index (χ3n) is 5.54. The molecule has 0 aromatic carbocycles. The van der Waals surface area contributed by atoms with Gasteiger partial charge in [0.05, 0.1) is 10.9 Å². The number of rotatable bonds is 6. The summed E-state index contributed by atoms with van der Waals surface area (Å²) in [6.45, 7) is 3.39. The molecule has 2 aromatic heterocycles. The molecule has 0 bridgehead atoms. The fourth-order valence-electron chi connectivity index (χ4n) is 3.74. The van der Waals surface area contributed by atoms with Crippen LogP contribution in [0.2, 0.25) is 0 Å². The summed E-state index contributed by atoms with van der Waals surface area (Å²) in [7, 11) is 0. The van der Waals surface area contributed by atoms with Crippen molar-refractivity contribution in [3.8, 4) is 0 Å². The normalized spacial score (nSPS) is 19.9. The molecule has 1 saturated carbocycles. The highest BCUT2D eigenvalue weighted by Gasteiger charge is 2.32. The molecule has 2 aromatic rings. The lowest BCUT2D eigenvalue weighted by Gasteiger charge is -2.27. The van der Waals surface area contributed by atoms with E-state index in [9.17, 15) is 9.59 Å². The van der Waals surface area contributed by atoms with Gasteiger partial charge in [-0.15, -0.1) is 11.3 Å². The first-order valence-electron chi connectivity index (χ1n) is 9.54. The van der Waals surface area contributed by atoms with Crippen LogP contribution in [0.5, 0.6) is 0 Å². The summed E-state index contributed by atoms with van der Waals surface area (Å²) in [6.07, 6.45) is 4.85. The standard InChI is InChI=1S/C19H24N4O3S/c1-13(24)23(10-8-17-20-18(26-21-17)14-4-2-5-14)15-7-9-22(12-15)19(25)16-6-3-11-27-16/h3,6,11,14-15H,2,4-5,7-10,12H2,1H3. The number of amides is 2. The summed E-state index contributed by atoms with van der Waals surface area (Å²) in [6, 6.07) is 3.78. The number of nitrogens with zero attached hydrogens (tertiary/aromatic N) is 4. The minimum atomic E-state index is 0.0214. The van der Waals surface area contributed by atoms with Gasteiger partial charge in [0, 0.05) is 38.9 Å². The molecule has 0 spiro atoms. The van der Waals surface area contributed by atoms with Crippen molar-refractivity contribution in [2.45, 2.75) is 51.0 Å².